The SMILES string of the molecule is CN(C(=O)c1ccc(Cl)cc1)c1ccc(Br)cc1N. The fourth-order valence-corrected chi connectivity index (χ4v) is 2.23. The summed E-state index contributed by atoms with van der Waals surface area (Å²) in [6.07, 6.45) is 0. The van der Waals surface area contributed by atoms with Crippen LogP contribution in [0, 0.1) is 0 Å². The van der Waals surface area contributed by atoms with Gasteiger partial charge >= 0.3 is 0 Å². The fourth-order valence-electron chi connectivity index (χ4n) is 1.73. The minimum atomic E-state index is -0.134. The molecular formula is C14H12BrClN2O. The summed E-state index contributed by atoms with van der Waals surface area (Å²) >= 11 is 9.14. The van der Waals surface area contributed by atoms with E-state index in [1.54, 1.807) is 43.4 Å². The number of benzene rings is 2. The van der Waals surface area contributed by atoms with Crippen LogP contribution in [0.2, 0.25) is 5.02 Å². The monoisotopic (exact) mass is 338 g/mol. The lowest BCUT2D eigenvalue weighted by atomic mass is 10.2. The topological polar surface area (TPSA) is 46.3 Å². The Morgan fingerprint density at radius 3 is 2.42 bits per heavy atom. The number of anilines is 2. The van der Waals surface area contributed by atoms with Gasteiger partial charge in [0.1, 0.15) is 0 Å². The van der Waals surface area contributed by atoms with Crippen molar-refractivity contribution in [3.63, 3.8) is 0 Å². The average Bonchev–Trinajstić information content (AvgIpc) is 2.38. The number of rotatable bonds is 2. The quantitative estimate of drug-likeness (QED) is 0.842. The number of halogens is 2. The van der Waals surface area contributed by atoms with Gasteiger partial charge in [-0.15, -0.1) is 0 Å². The summed E-state index contributed by atoms with van der Waals surface area (Å²) in [7, 11) is 1.69. The van der Waals surface area contributed by atoms with Crippen LogP contribution in [0.4, 0.5) is 11.4 Å². The van der Waals surface area contributed by atoms with Gasteiger partial charge in [-0.25, -0.2) is 0 Å². The lowest BCUT2D eigenvalue weighted by molar-refractivity contribution is 0.0993. The van der Waals surface area contributed by atoms with E-state index < -0.39 is 0 Å². The molecule has 0 saturated carbocycles. The zero-order valence-electron chi connectivity index (χ0n) is 10.2. The number of amides is 1. The Morgan fingerprint density at radius 1 is 1.21 bits per heavy atom. The van der Waals surface area contributed by atoms with Crippen LogP contribution in [0.15, 0.2) is 46.9 Å². The highest BCUT2D eigenvalue weighted by Crippen LogP contribution is 2.27. The first kappa shape index (κ1) is 13.9. The Bertz CT molecular complexity index is 613. The van der Waals surface area contributed by atoms with E-state index in [-0.39, 0.29) is 5.91 Å². The number of nitrogen functional groups attached to an aromatic ring is 1. The third-order valence-corrected chi connectivity index (χ3v) is 3.49. The molecule has 2 aromatic carbocycles. The zero-order chi connectivity index (χ0) is 14.0. The minimum absolute atomic E-state index is 0.134. The molecule has 0 aliphatic carbocycles. The van der Waals surface area contributed by atoms with Gasteiger partial charge in [-0.2, -0.15) is 0 Å². The van der Waals surface area contributed by atoms with E-state index in [9.17, 15) is 4.79 Å². The Balaban J connectivity index is 2.30. The molecule has 0 bridgehead atoms. The standard InChI is InChI=1S/C14H12BrClN2O/c1-18(13-7-4-10(15)8-12(13)17)14(19)9-2-5-11(16)6-3-9/h2-8H,17H2,1H3. The molecule has 5 heteroatoms. The van der Waals surface area contributed by atoms with Gasteiger partial charge in [-0.3, -0.25) is 4.79 Å². The molecular weight excluding hydrogens is 328 g/mol. The summed E-state index contributed by atoms with van der Waals surface area (Å²) in [5.41, 5.74) is 7.69. The van der Waals surface area contributed by atoms with Gasteiger partial charge in [0.2, 0.25) is 0 Å². The number of hydrogen-bond donors (Lipinski definition) is 1. The molecule has 0 unspecified atom stereocenters. The molecule has 1 amide bonds. The Morgan fingerprint density at radius 2 is 1.84 bits per heavy atom. The molecule has 0 aliphatic heterocycles. The molecule has 0 spiro atoms. The van der Waals surface area contributed by atoms with Crippen molar-refractivity contribution in [3.8, 4) is 0 Å². The van der Waals surface area contributed by atoms with Crippen molar-refractivity contribution >= 4 is 44.8 Å². The maximum atomic E-state index is 12.3. The van der Waals surface area contributed by atoms with E-state index in [1.165, 1.54) is 4.90 Å². The molecule has 0 saturated heterocycles. The maximum absolute atomic E-state index is 12.3. The predicted molar refractivity (Wildman–Crippen MR) is 82.7 cm³/mol. The molecule has 0 fully saturated rings. The number of nitrogens with zero attached hydrogens (tertiary/aromatic N) is 1. The van der Waals surface area contributed by atoms with Gasteiger partial charge < -0.3 is 10.6 Å². The van der Waals surface area contributed by atoms with Gasteiger partial charge in [0.25, 0.3) is 5.91 Å². The van der Waals surface area contributed by atoms with Crippen molar-refractivity contribution in [2.75, 3.05) is 17.7 Å². The van der Waals surface area contributed by atoms with Crippen LogP contribution in [0.3, 0.4) is 0 Å². The van der Waals surface area contributed by atoms with Crippen LogP contribution >= 0.6 is 27.5 Å². The second-order valence-electron chi connectivity index (χ2n) is 4.07. The van der Waals surface area contributed by atoms with E-state index in [2.05, 4.69) is 15.9 Å². The van der Waals surface area contributed by atoms with Crippen molar-refractivity contribution in [3.05, 3.63) is 57.5 Å². The van der Waals surface area contributed by atoms with E-state index in [0.29, 0.717) is 22.0 Å². The van der Waals surface area contributed by atoms with E-state index >= 15 is 0 Å². The second kappa shape index (κ2) is 5.63. The molecule has 3 nitrogen and oxygen atoms in total. The number of nitrogens with two attached hydrogens (primary N) is 1. The first-order valence-corrected chi connectivity index (χ1v) is 6.75. The lowest BCUT2D eigenvalue weighted by Gasteiger charge is -2.19. The maximum Gasteiger partial charge on any atom is 0.258 e. The van der Waals surface area contributed by atoms with Gasteiger partial charge in [0.15, 0.2) is 0 Å². The molecule has 0 aromatic heterocycles. The van der Waals surface area contributed by atoms with Crippen LogP contribution < -0.4 is 10.6 Å². The Labute approximate surface area is 125 Å². The summed E-state index contributed by atoms with van der Waals surface area (Å²) in [5.74, 6) is -0.134. The molecule has 2 aromatic rings. The smallest absolute Gasteiger partial charge is 0.258 e. The highest BCUT2D eigenvalue weighted by atomic mass is 79.9. The minimum Gasteiger partial charge on any atom is -0.397 e. The molecule has 98 valence electrons. The molecule has 0 heterocycles. The largest absolute Gasteiger partial charge is 0.397 e. The van der Waals surface area contributed by atoms with Crippen LogP contribution in [-0.2, 0) is 0 Å². The first-order chi connectivity index (χ1) is 8.99. The van der Waals surface area contributed by atoms with Crippen molar-refractivity contribution < 1.29 is 4.79 Å². The normalized spacial score (nSPS) is 10.3. The summed E-state index contributed by atoms with van der Waals surface area (Å²) < 4.78 is 0.876. The van der Waals surface area contributed by atoms with E-state index in [0.717, 1.165) is 4.47 Å². The van der Waals surface area contributed by atoms with Gasteiger partial charge in [0.05, 0.1) is 11.4 Å². The second-order valence-corrected chi connectivity index (χ2v) is 5.43. The number of hydrogen-bond acceptors (Lipinski definition) is 2. The van der Waals surface area contributed by atoms with Crippen molar-refractivity contribution in [2.45, 2.75) is 0 Å². The summed E-state index contributed by atoms with van der Waals surface area (Å²) in [4.78, 5) is 13.8. The highest BCUT2D eigenvalue weighted by Gasteiger charge is 2.15. The van der Waals surface area contributed by atoms with Gasteiger partial charge in [0, 0.05) is 22.1 Å². The molecule has 2 N–H and O–H groups in total. The molecule has 0 radical (unpaired) electrons. The molecule has 19 heavy (non-hydrogen) atoms. The Kier molecular flexibility index (Phi) is 4.12. The lowest BCUT2D eigenvalue weighted by Crippen LogP contribution is -2.26. The third kappa shape index (κ3) is 3.08. The summed E-state index contributed by atoms with van der Waals surface area (Å²) in [6.45, 7) is 0. The van der Waals surface area contributed by atoms with Crippen molar-refractivity contribution in [1.82, 2.24) is 0 Å². The Hall–Kier alpha value is -1.52. The van der Waals surface area contributed by atoms with Crippen molar-refractivity contribution in [2.24, 2.45) is 0 Å². The van der Waals surface area contributed by atoms with E-state index in [4.69, 9.17) is 17.3 Å². The van der Waals surface area contributed by atoms with Crippen LogP contribution in [-0.4, -0.2) is 13.0 Å². The fraction of sp³-hybridized carbons (Fsp3) is 0.0714. The molecule has 2 rings (SSSR count). The highest BCUT2D eigenvalue weighted by molar-refractivity contribution is 9.10. The van der Waals surface area contributed by atoms with Crippen LogP contribution in [0.1, 0.15) is 10.4 Å². The number of carbonyl (C=O) groups excluding carboxylic acids is 1. The van der Waals surface area contributed by atoms with Gasteiger partial charge in [-0.1, -0.05) is 27.5 Å². The third-order valence-electron chi connectivity index (χ3n) is 2.75. The zero-order valence-corrected chi connectivity index (χ0v) is 12.6. The summed E-state index contributed by atoms with van der Waals surface area (Å²) in [6, 6.07) is 12.2. The van der Waals surface area contributed by atoms with Crippen LogP contribution in [0.25, 0.3) is 0 Å². The van der Waals surface area contributed by atoms with E-state index in [1.807, 2.05) is 6.07 Å². The average molecular weight is 340 g/mol. The predicted octanol–water partition coefficient (Wildman–Crippen LogP) is 3.96. The summed E-state index contributed by atoms with van der Waals surface area (Å²) in [5, 5.41) is 0.599. The van der Waals surface area contributed by atoms with Gasteiger partial charge in [-0.05, 0) is 42.5 Å². The van der Waals surface area contributed by atoms with Crippen molar-refractivity contribution in [1.29, 1.82) is 0 Å². The first-order valence-electron chi connectivity index (χ1n) is 5.57. The molecule has 0 atom stereocenters. The molecule has 0 aliphatic rings. The van der Waals surface area contributed by atoms with Crippen LogP contribution in [0.5, 0.6) is 0 Å². The number of carbonyl (C=O) groups is 1.